The molecule has 0 N–H and O–H groups in total. The Kier molecular flexibility index (Phi) is 4.46. The first-order valence-corrected chi connectivity index (χ1v) is 5.25. The maximum absolute atomic E-state index is 5.83. The topological polar surface area (TPSA) is 9.23 Å². The maximum atomic E-state index is 5.83. The first kappa shape index (κ1) is 10.7. The summed E-state index contributed by atoms with van der Waals surface area (Å²) in [6.45, 7) is 2.71. The maximum Gasteiger partial charge on any atom is 0.123 e. The zero-order valence-electron chi connectivity index (χ0n) is 7.59. The van der Waals surface area contributed by atoms with Crippen molar-refractivity contribution >= 4 is 24.2 Å². The Morgan fingerprint density at radius 3 is 2.92 bits per heavy atom. The second kappa shape index (κ2) is 5.40. The minimum absolute atomic E-state index is 0.699. The van der Waals surface area contributed by atoms with Gasteiger partial charge in [0.1, 0.15) is 5.75 Å². The van der Waals surface area contributed by atoms with Crippen molar-refractivity contribution in [3.8, 4) is 5.75 Å². The molecule has 0 aliphatic carbocycles. The van der Waals surface area contributed by atoms with Crippen molar-refractivity contribution in [2.45, 2.75) is 13.3 Å². The van der Waals surface area contributed by atoms with Gasteiger partial charge in [0.15, 0.2) is 0 Å². The third-order valence-corrected chi connectivity index (χ3v) is 2.26. The van der Waals surface area contributed by atoms with Crippen LogP contribution in [-0.2, 0) is 0 Å². The monoisotopic (exact) mass is 216 g/mol. The fourth-order valence-corrected chi connectivity index (χ4v) is 1.27. The lowest BCUT2D eigenvalue weighted by molar-refractivity contribution is 0.317. The Labute approximate surface area is 89.5 Å². The number of benzene rings is 1. The number of halogens is 1. The highest BCUT2D eigenvalue weighted by Gasteiger charge is 1.99. The molecule has 0 bridgehead atoms. The van der Waals surface area contributed by atoms with Gasteiger partial charge in [0.2, 0.25) is 0 Å². The lowest BCUT2D eigenvalue weighted by Gasteiger charge is -2.08. The zero-order valence-corrected chi connectivity index (χ0v) is 9.24. The third kappa shape index (κ3) is 3.49. The molecule has 0 aliphatic heterocycles. The lowest BCUT2D eigenvalue weighted by atomic mass is 10.2. The molecule has 0 saturated carbocycles. The van der Waals surface area contributed by atoms with Crippen molar-refractivity contribution in [1.29, 1.82) is 0 Å². The van der Waals surface area contributed by atoms with Crippen LogP contribution in [0.25, 0.3) is 0 Å². The second-order valence-electron chi connectivity index (χ2n) is 2.84. The van der Waals surface area contributed by atoms with Gasteiger partial charge in [-0.3, -0.25) is 0 Å². The van der Waals surface area contributed by atoms with Crippen molar-refractivity contribution < 1.29 is 4.74 Å². The van der Waals surface area contributed by atoms with Gasteiger partial charge in [0, 0.05) is 5.02 Å². The summed E-state index contributed by atoms with van der Waals surface area (Å²) in [7, 11) is 0. The number of hydrogen-bond donors (Lipinski definition) is 1. The number of rotatable bonds is 4. The van der Waals surface area contributed by atoms with Crippen LogP contribution in [0.2, 0.25) is 5.02 Å². The fourth-order valence-electron chi connectivity index (χ4n) is 0.976. The number of ether oxygens (including phenoxy) is 1. The molecule has 1 aromatic carbocycles. The van der Waals surface area contributed by atoms with Crippen LogP contribution in [0.15, 0.2) is 18.2 Å². The first-order chi connectivity index (χ1) is 6.24. The molecule has 0 aromatic heterocycles. The Balaban J connectivity index is 2.59. The van der Waals surface area contributed by atoms with E-state index in [9.17, 15) is 0 Å². The quantitative estimate of drug-likeness (QED) is 0.600. The molecule has 3 heteroatoms. The van der Waals surface area contributed by atoms with Crippen LogP contribution >= 0.6 is 24.2 Å². The van der Waals surface area contributed by atoms with E-state index in [-0.39, 0.29) is 0 Å². The van der Waals surface area contributed by atoms with Gasteiger partial charge < -0.3 is 4.74 Å². The molecule has 0 radical (unpaired) electrons. The van der Waals surface area contributed by atoms with Crippen LogP contribution < -0.4 is 4.74 Å². The van der Waals surface area contributed by atoms with Crippen molar-refractivity contribution in [3.63, 3.8) is 0 Å². The van der Waals surface area contributed by atoms with Gasteiger partial charge in [-0.1, -0.05) is 17.7 Å². The number of aryl methyl sites for hydroxylation is 1. The molecule has 0 fully saturated rings. The van der Waals surface area contributed by atoms with Gasteiger partial charge in [0.05, 0.1) is 6.61 Å². The normalized spacial score (nSPS) is 10.1. The minimum atomic E-state index is 0.699. The van der Waals surface area contributed by atoms with Gasteiger partial charge >= 0.3 is 0 Å². The van der Waals surface area contributed by atoms with Crippen LogP contribution in [0.3, 0.4) is 0 Å². The summed E-state index contributed by atoms with van der Waals surface area (Å²) in [5.41, 5.74) is 1.11. The fraction of sp³-hybridized carbons (Fsp3) is 0.400. The minimum Gasteiger partial charge on any atom is -0.493 e. The van der Waals surface area contributed by atoms with E-state index in [0.29, 0.717) is 11.6 Å². The zero-order chi connectivity index (χ0) is 9.68. The van der Waals surface area contributed by atoms with Crippen LogP contribution in [0.4, 0.5) is 0 Å². The molecule has 0 spiro atoms. The smallest absolute Gasteiger partial charge is 0.123 e. The predicted octanol–water partition coefficient (Wildman–Crippen LogP) is 3.35. The molecular formula is C10H13ClOS. The average Bonchev–Trinajstić information content (AvgIpc) is 2.11. The van der Waals surface area contributed by atoms with Crippen molar-refractivity contribution in [1.82, 2.24) is 0 Å². The summed E-state index contributed by atoms with van der Waals surface area (Å²) in [5.74, 6) is 1.72. The van der Waals surface area contributed by atoms with Crippen molar-refractivity contribution in [3.05, 3.63) is 28.8 Å². The van der Waals surface area contributed by atoms with Gasteiger partial charge in [0.25, 0.3) is 0 Å². The lowest BCUT2D eigenvalue weighted by Crippen LogP contribution is -1.99. The number of thiol groups is 1. The van der Waals surface area contributed by atoms with E-state index in [1.54, 1.807) is 0 Å². The molecule has 1 rings (SSSR count). The molecule has 13 heavy (non-hydrogen) atoms. The highest BCUT2D eigenvalue weighted by Crippen LogP contribution is 2.22. The summed E-state index contributed by atoms with van der Waals surface area (Å²) in [5, 5.41) is 0.714. The molecule has 1 nitrogen and oxygen atoms in total. The van der Waals surface area contributed by atoms with Crippen molar-refractivity contribution in [2.24, 2.45) is 0 Å². The second-order valence-corrected chi connectivity index (χ2v) is 3.72. The molecule has 0 atom stereocenters. The van der Waals surface area contributed by atoms with E-state index < -0.39 is 0 Å². The summed E-state index contributed by atoms with van der Waals surface area (Å²) < 4.78 is 5.52. The van der Waals surface area contributed by atoms with E-state index in [4.69, 9.17) is 16.3 Å². The average molecular weight is 217 g/mol. The van der Waals surface area contributed by atoms with E-state index >= 15 is 0 Å². The Bertz CT molecular complexity index is 276. The molecular weight excluding hydrogens is 204 g/mol. The van der Waals surface area contributed by atoms with Crippen LogP contribution in [0.1, 0.15) is 12.0 Å². The van der Waals surface area contributed by atoms with Crippen LogP contribution in [0.5, 0.6) is 5.75 Å². The third-order valence-electron chi connectivity index (χ3n) is 1.71. The van der Waals surface area contributed by atoms with E-state index in [1.807, 2.05) is 25.1 Å². The first-order valence-electron chi connectivity index (χ1n) is 4.24. The molecule has 0 amide bonds. The van der Waals surface area contributed by atoms with Gasteiger partial charge in [-0.25, -0.2) is 0 Å². The van der Waals surface area contributed by atoms with Gasteiger partial charge in [-0.15, -0.1) is 0 Å². The standard InChI is InChI=1S/C10H13ClOS/c1-8-3-4-9(11)7-10(8)12-5-2-6-13/h3-4,7,13H,2,5-6H2,1H3. The predicted molar refractivity (Wildman–Crippen MR) is 60.2 cm³/mol. The Morgan fingerprint density at radius 2 is 2.23 bits per heavy atom. The molecule has 72 valence electrons. The number of hydrogen-bond acceptors (Lipinski definition) is 2. The molecule has 0 unspecified atom stereocenters. The molecule has 1 aromatic rings. The largest absolute Gasteiger partial charge is 0.493 e. The summed E-state index contributed by atoms with van der Waals surface area (Å²) in [6, 6.07) is 5.66. The Hall–Kier alpha value is -0.340. The highest BCUT2D eigenvalue weighted by molar-refractivity contribution is 7.80. The van der Waals surface area contributed by atoms with Gasteiger partial charge in [-0.2, -0.15) is 12.6 Å². The SMILES string of the molecule is Cc1ccc(Cl)cc1OCCCS. The molecule has 0 aliphatic rings. The summed E-state index contributed by atoms with van der Waals surface area (Å²) >= 11 is 9.94. The van der Waals surface area contributed by atoms with Crippen LogP contribution in [-0.4, -0.2) is 12.4 Å². The highest BCUT2D eigenvalue weighted by atomic mass is 35.5. The summed E-state index contributed by atoms with van der Waals surface area (Å²) in [4.78, 5) is 0. The molecule has 0 heterocycles. The van der Waals surface area contributed by atoms with Crippen LogP contribution in [0, 0.1) is 6.92 Å². The van der Waals surface area contributed by atoms with E-state index in [1.165, 1.54) is 0 Å². The van der Waals surface area contributed by atoms with Gasteiger partial charge in [-0.05, 0) is 36.8 Å². The van der Waals surface area contributed by atoms with E-state index in [0.717, 1.165) is 23.5 Å². The summed E-state index contributed by atoms with van der Waals surface area (Å²) in [6.07, 6.45) is 0.953. The van der Waals surface area contributed by atoms with Crippen molar-refractivity contribution in [2.75, 3.05) is 12.4 Å². The molecule has 0 saturated heterocycles. The van der Waals surface area contributed by atoms with E-state index in [2.05, 4.69) is 12.6 Å². The Morgan fingerprint density at radius 1 is 1.46 bits per heavy atom.